The molecule has 0 unspecified atom stereocenters. The molecule has 0 bridgehead atoms. The van der Waals surface area contributed by atoms with Gasteiger partial charge in [-0.1, -0.05) is 30.7 Å². The van der Waals surface area contributed by atoms with E-state index in [1.54, 1.807) is 24.3 Å². The minimum atomic E-state index is -0.541. The van der Waals surface area contributed by atoms with Gasteiger partial charge in [-0.3, -0.25) is 4.79 Å². The fourth-order valence-electron chi connectivity index (χ4n) is 2.08. The number of hydrogen-bond acceptors (Lipinski definition) is 2. The van der Waals surface area contributed by atoms with Gasteiger partial charge in [0, 0.05) is 10.7 Å². The van der Waals surface area contributed by atoms with Crippen LogP contribution in [0.3, 0.4) is 0 Å². The Balaban J connectivity index is 2.08. The third-order valence-electron chi connectivity index (χ3n) is 3.41. The van der Waals surface area contributed by atoms with E-state index in [0.717, 1.165) is 16.8 Å². The second-order valence-corrected chi connectivity index (χ2v) is 5.71. The molecule has 0 fully saturated rings. The lowest BCUT2D eigenvalue weighted by molar-refractivity contribution is -0.122. The molecule has 0 aliphatic carbocycles. The van der Waals surface area contributed by atoms with Gasteiger partial charge in [-0.05, 0) is 61.7 Å². The maximum atomic E-state index is 12.4. The summed E-state index contributed by atoms with van der Waals surface area (Å²) in [6, 6.07) is 13.0. The molecule has 2 aromatic carbocycles. The maximum absolute atomic E-state index is 12.4. The van der Waals surface area contributed by atoms with E-state index in [-0.39, 0.29) is 5.91 Å². The fraction of sp³-hybridized carbons (Fsp3) is 0.278. The zero-order chi connectivity index (χ0) is 16.1. The van der Waals surface area contributed by atoms with Crippen molar-refractivity contribution < 1.29 is 9.53 Å². The number of benzene rings is 2. The summed E-state index contributed by atoms with van der Waals surface area (Å²) in [7, 11) is 0. The highest BCUT2D eigenvalue weighted by Gasteiger charge is 2.19. The molecule has 116 valence electrons. The highest BCUT2D eigenvalue weighted by atomic mass is 35.5. The number of carbonyl (C=O) groups is 1. The highest BCUT2D eigenvalue weighted by Crippen LogP contribution is 2.20. The minimum Gasteiger partial charge on any atom is -0.481 e. The number of carbonyl (C=O) groups excluding carboxylic acids is 1. The van der Waals surface area contributed by atoms with E-state index in [4.69, 9.17) is 16.3 Å². The first-order valence-corrected chi connectivity index (χ1v) is 7.67. The van der Waals surface area contributed by atoms with Crippen molar-refractivity contribution in [3.05, 3.63) is 58.6 Å². The Kier molecular flexibility index (Phi) is 5.45. The number of amides is 1. The summed E-state index contributed by atoms with van der Waals surface area (Å²) in [5.74, 6) is 0.485. The number of halogens is 1. The maximum Gasteiger partial charge on any atom is 0.265 e. The van der Waals surface area contributed by atoms with Gasteiger partial charge in [-0.25, -0.2) is 0 Å². The predicted octanol–water partition coefficient (Wildman–Crippen LogP) is 4.75. The van der Waals surface area contributed by atoms with E-state index in [9.17, 15) is 4.79 Å². The Bertz CT molecular complexity index is 653. The Labute approximate surface area is 136 Å². The third-order valence-corrected chi connectivity index (χ3v) is 3.66. The van der Waals surface area contributed by atoms with Crippen LogP contribution in [0.5, 0.6) is 5.75 Å². The van der Waals surface area contributed by atoms with Crippen molar-refractivity contribution in [1.29, 1.82) is 0 Å². The largest absolute Gasteiger partial charge is 0.481 e. The average molecular weight is 318 g/mol. The molecule has 22 heavy (non-hydrogen) atoms. The predicted molar refractivity (Wildman–Crippen MR) is 90.7 cm³/mol. The smallest absolute Gasteiger partial charge is 0.265 e. The van der Waals surface area contributed by atoms with Gasteiger partial charge in [0.25, 0.3) is 5.91 Å². The Morgan fingerprint density at radius 2 is 1.86 bits per heavy atom. The summed E-state index contributed by atoms with van der Waals surface area (Å²) >= 11 is 5.85. The van der Waals surface area contributed by atoms with E-state index in [1.807, 2.05) is 39.0 Å². The van der Waals surface area contributed by atoms with Crippen LogP contribution in [0.4, 0.5) is 5.69 Å². The van der Waals surface area contributed by atoms with Gasteiger partial charge < -0.3 is 10.1 Å². The molecule has 1 N–H and O–H groups in total. The van der Waals surface area contributed by atoms with Gasteiger partial charge in [-0.2, -0.15) is 0 Å². The molecular formula is C18H20ClNO2. The van der Waals surface area contributed by atoms with E-state index < -0.39 is 6.10 Å². The first-order valence-electron chi connectivity index (χ1n) is 7.30. The normalized spacial score (nSPS) is 11.8. The third kappa shape index (κ3) is 4.25. The molecule has 0 spiro atoms. The summed E-state index contributed by atoms with van der Waals surface area (Å²) in [5, 5.41) is 3.58. The highest BCUT2D eigenvalue weighted by molar-refractivity contribution is 6.30. The molecule has 3 nitrogen and oxygen atoms in total. The van der Waals surface area contributed by atoms with Crippen molar-refractivity contribution in [2.24, 2.45) is 0 Å². The molecule has 0 saturated heterocycles. The average Bonchev–Trinajstić information content (AvgIpc) is 2.50. The molecule has 0 heterocycles. The van der Waals surface area contributed by atoms with Crippen LogP contribution >= 0.6 is 11.6 Å². The Morgan fingerprint density at radius 3 is 2.50 bits per heavy atom. The first-order chi connectivity index (χ1) is 10.5. The number of ether oxygens (including phenoxy) is 1. The van der Waals surface area contributed by atoms with Gasteiger partial charge in [0.2, 0.25) is 0 Å². The lowest BCUT2D eigenvalue weighted by Crippen LogP contribution is -2.32. The number of nitrogens with one attached hydrogen (secondary N) is 1. The molecule has 2 aromatic rings. The molecule has 0 aliphatic rings. The van der Waals surface area contributed by atoms with E-state index in [2.05, 4.69) is 5.32 Å². The van der Waals surface area contributed by atoms with Crippen LogP contribution in [-0.4, -0.2) is 12.0 Å². The van der Waals surface area contributed by atoms with Crippen LogP contribution in [0.25, 0.3) is 0 Å². The van der Waals surface area contributed by atoms with Crippen LogP contribution in [0, 0.1) is 13.8 Å². The van der Waals surface area contributed by atoms with Crippen molar-refractivity contribution in [2.45, 2.75) is 33.3 Å². The second kappa shape index (κ2) is 7.32. The zero-order valence-corrected chi connectivity index (χ0v) is 13.8. The lowest BCUT2D eigenvalue weighted by Gasteiger charge is -2.18. The molecule has 0 aliphatic heterocycles. The van der Waals surface area contributed by atoms with Crippen molar-refractivity contribution >= 4 is 23.2 Å². The standard InChI is InChI=1S/C18H20ClNO2/c1-4-17(22-15-9-7-14(19)8-10-15)18(21)20-16-11-12(2)5-6-13(16)3/h5-11,17H,4H2,1-3H3,(H,20,21)/t17-/m1/s1. The van der Waals surface area contributed by atoms with Gasteiger partial charge in [0.15, 0.2) is 6.10 Å². The van der Waals surface area contributed by atoms with Gasteiger partial charge >= 0.3 is 0 Å². The number of aryl methyl sites for hydroxylation is 2. The van der Waals surface area contributed by atoms with Crippen LogP contribution in [-0.2, 0) is 4.79 Å². The van der Waals surface area contributed by atoms with Crippen molar-refractivity contribution in [2.75, 3.05) is 5.32 Å². The number of anilines is 1. The summed E-state index contributed by atoms with van der Waals surface area (Å²) in [6.45, 7) is 5.88. The first kappa shape index (κ1) is 16.4. The van der Waals surface area contributed by atoms with Gasteiger partial charge in [-0.15, -0.1) is 0 Å². The summed E-state index contributed by atoms with van der Waals surface area (Å²) in [4.78, 5) is 12.4. The fourth-order valence-corrected chi connectivity index (χ4v) is 2.21. The molecule has 0 saturated carbocycles. The SMILES string of the molecule is CC[C@@H](Oc1ccc(Cl)cc1)C(=O)Nc1cc(C)ccc1C. The van der Waals surface area contributed by atoms with E-state index in [0.29, 0.717) is 17.2 Å². The van der Waals surface area contributed by atoms with Crippen LogP contribution < -0.4 is 10.1 Å². The summed E-state index contributed by atoms with van der Waals surface area (Å²) in [6.07, 6.45) is 0.0420. The molecule has 1 amide bonds. The molecule has 0 radical (unpaired) electrons. The number of hydrogen-bond donors (Lipinski definition) is 1. The zero-order valence-electron chi connectivity index (χ0n) is 13.0. The van der Waals surface area contributed by atoms with Crippen molar-refractivity contribution in [1.82, 2.24) is 0 Å². The van der Waals surface area contributed by atoms with E-state index >= 15 is 0 Å². The molecule has 2 rings (SSSR count). The number of rotatable bonds is 5. The van der Waals surface area contributed by atoms with Crippen LogP contribution in [0.15, 0.2) is 42.5 Å². The summed E-state index contributed by atoms with van der Waals surface area (Å²) in [5.41, 5.74) is 2.95. The van der Waals surface area contributed by atoms with Crippen molar-refractivity contribution in [3.63, 3.8) is 0 Å². The second-order valence-electron chi connectivity index (χ2n) is 5.28. The van der Waals surface area contributed by atoms with Crippen molar-refractivity contribution in [3.8, 4) is 5.75 Å². The molecule has 4 heteroatoms. The van der Waals surface area contributed by atoms with Gasteiger partial charge in [0.05, 0.1) is 0 Å². The van der Waals surface area contributed by atoms with E-state index in [1.165, 1.54) is 0 Å². The minimum absolute atomic E-state index is 0.147. The molecule has 0 aromatic heterocycles. The quantitative estimate of drug-likeness (QED) is 0.864. The topological polar surface area (TPSA) is 38.3 Å². The summed E-state index contributed by atoms with van der Waals surface area (Å²) < 4.78 is 5.75. The van der Waals surface area contributed by atoms with Gasteiger partial charge in [0.1, 0.15) is 5.75 Å². The van der Waals surface area contributed by atoms with Crippen LogP contribution in [0.1, 0.15) is 24.5 Å². The monoisotopic (exact) mass is 317 g/mol. The lowest BCUT2D eigenvalue weighted by atomic mass is 10.1. The molecular weight excluding hydrogens is 298 g/mol. The molecule has 1 atom stereocenters. The van der Waals surface area contributed by atoms with Crippen LogP contribution in [0.2, 0.25) is 5.02 Å². The Morgan fingerprint density at radius 1 is 1.18 bits per heavy atom. The Hall–Kier alpha value is -2.00.